The lowest BCUT2D eigenvalue weighted by Gasteiger charge is -2.27. The Morgan fingerprint density at radius 3 is 1.88 bits per heavy atom. The monoisotopic (exact) mass is 1340 g/mol. The zero-order valence-corrected chi connectivity index (χ0v) is 58.3. The van der Waals surface area contributed by atoms with Gasteiger partial charge in [0.25, 0.3) is 0 Å². The molecule has 0 amide bonds. The van der Waals surface area contributed by atoms with Crippen LogP contribution in [0.1, 0.15) is 144 Å². The number of aryl methyl sites for hydroxylation is 5. The average Bonchev–Trinajstić information content (AvgIpc) is 1.59. The van der Waals surface area contributed by atoms with Gasteiger partial charge in [0.15, 0.2) is 11.6 Å². The molecular formula is C62H80N14O8S6. The summed E-state index contributed by atoms with van der Waals surface area (Å²) in [5.41, 5.74) is 5.34. The largest absolute Gasteiger partial charge is 0.396 e. The zero-order chi connectivity index (χ0) is 65.8. The third-order valence-corrected chi connectivity index (χ3v) is 23.1. The average molecular weight is 1340 g/mol. The molecule has 1 atom stereocenters. The lowest BCUT2D eigenvalue weighted by atomic mass is 9.90. The van der Waals surface area contributed by atoms with Gasteiger partial charge in [-0.3, -0.25) is 0 Å². The quantitative estimate of drug-likeness (QED) is 0.0225. The van der Waals surface area contributed by atoms with Gasteiger partial charge in [-0.15, -0.1) is 21.6 Å². The van der Waals surface area contributed by atoms with Crippen molar-refractivity contribution in [2.24, 2.45) is 10.2 Å². The molecule has 0 fully saturated rings. The molecule has 1 unspecified atom stereocenters. The Balaban J connectivity index is 1.36. The van der Waals surface area contributed by atoms with Crippen LogP contribution in [0.25, 0.3) is 36.1 Å². The zero-order valence-electron chi connectivity index (χ0n) is 53.4. The summed E-state index contributed by atoms with van der Waals surface area (Å²) in [5.74, 6) is 0.764. The molecule has 4 aromatic heterocycles. The molecule has 5 N–H and O–H groups in total. The highest BCUT2D eigenvalue weighted by molar-refractivity contribution is 7.90. The van der Waals surface area contributed by atoms with Gasteiger partial charge in [0.2, 0.25) is 45.2 Å². The SMILES string of the molecule is CCCCNS(=O)(=O)c1ccc2nc(-c3c(N(C)c4cc(C)c(N=Nc5c(C#N)c(C(C)(C)C)nn5-c5nc6ccc(OS(=N)(=O)CCCC)cc6s5)c(Nc5c(C)cc(C)c(S(=O)(=O)NCCCC)c5C)n4)c(C)cc(C)c3S(=O)(=O)NCCCC)sc2c1. The molecule has 4 heterocycles. The number of aromatic nitrogens is 5. The van der Waals surface area contributed by atoms with E-state index in [1.54, 1.807) is 88.2 Å². The second-order valence-electron chi connectivity index (χ2n) is 23.4. The number of azo groups is 1. The lowest BCUT2D eigenvalue weighted by molar-refractivity contribution is 0.545. The van der Waals surface area contributed by atoms with Crippen LogP contribution in [0.15, 0.2) is 79.5 Å². The standard InChI is InChI=1S/C62H80N14O8S6/c1-15-19-27-65-88(78,79)44-24-26-46-49(35-44)85-60(68-46)51-54(39(7)32-41(9)56(51)90(82,83)67-29-21-17-3)75(14)50-33-38(6)53(58(70-50)71-52-37(5)31-40(8)55(42(52)10)89(80,81)66-28-20-16-2)72-73-59-45(36-63)57(62(11,12)13)74-76(59)61-69-47-25-23-43(34-48(47)86-61)84-87(64,77)30-22-18-4/h23-26,31-35,64-67H,15-22,27-30H2,1-14H3,(H,70,71). The number of unbranched alkanes of at least 4 members (excludes halogenated alkanes) is 4. The normalized spacial score (nSPS) is 13.2. The molecule has 8 rings (SSSR count). The van der Waals surface area contributed by atoms with Crippen molar-refractivity contribution >= 4 is 118 Å². The minimum atomic E-state index is -4.26. The van der Waals surface area contributed by atoms with Gasteiger partial charge in [0.1, 0.15) is 33.9 Å². The minimum Gasteiger partial charge on any atom is -0.396 e. The molecule has 4 aromatic carbocycles. The van der Waals surface area contributed by atoms with Gasteiger partial charge < -0.3 is 14.4 Å². The molecule has 482 valence electrons. The van der Waals surface area contributed by atoms with Crippen LogP contribution < -0.4 is 28.6 Å². The van der Waals surface area contributed by atoms with Crippen molar-refractivity contribution in [2.45, 2.75) is 161 Å². The van der Waals surface area contributed by atoms with Gasteiger partial charge in [-0.2, -0.15) is 15.0 Å². The number of fused-ring (bicyclic) bond motifs is 2. The maximum absolute atomic E-state index is 14.8. The maximum atomic E-state index is 14.8. The summed E-state index contributed by atoms with van der Waals surface area (Å²) in [5, 5.41) is 29.8. The Morgan fingerprint density at radius 1 is 0.678 bits per heavy atom. The number of rotatable bonds is 28. The number of thiazole rings is 2. The van der Waals surface area contributed by atoms with Gasteiger partial charge in [-0.05, 0) is 137 Å². The molecule has 0 spiro atoms. The number of hydrogen-bond acceptors (Lipinski definition) is 20. The first-order valence-electron chi connectivity index (χ1n) is 29.9. The first kappa shape index (κ1) is 69.1. The smallest absolute Gasteiger partial charge is 0.241 e. The molecule has 0 bridgehead atoms. The summed E-state index contributed by atoms with van der Waals surface area (Å²) in [6.07, 6.45) is 5.50. The number of pyridine rings is 1. The van der Waals surface area contributed by atoms with E-state index in [9.17, 15) is 34.7 Å². The Hall–Kier alpha value is -6.81. The fourth-order valence-corrected chi connectivity index (χ4v) is 17.9. The van der Waals surface area contributed by atoms with Crippen molar-refractivity contribution in [2.75, 3.05) is 42.7 Å². The first-order valence-corrected chi connectivity index (χ1v) is 37.6. The molecule has 22 nitrogen and oxygen atoms in total. The molecule has 0 radical (unpaired) electrons. The Labute approximate surface area is 537 Å². The third kappa shape index (κ3) is 15.1. The molecule has 0 saturated heterocycles. The maximum Gasteiger partial charge on any atom is 0.241 e. The highest BCUT2D eigenvalue weighted by Crippen LogP contribution is 2.47. The van der Waals surface area contributed by atoms with E-state index >= 15 is 0 Å². The summed E-state index contributed by atoms with van der Waals surface area (Å²) in [4.78, 5) is 17.1. The number of benzene rings is 4. The highest BCUT2D eigenvalue weighted by Gasteiger charge is 2.33. The van der Waals surface area contributed by atoms with Crippen LogP contribution in [-0.2, 0) is 45.5 Å². The van der Waals surface area contributed by atoms with Crippen LogP contribution in [0.3, 0.4) is 0 Å². The predicted molar refractivity (Wildman–Crippen MR) is 361 cm³/mol. The first-order chi connectivity index (χ1) is 42.4. The topological polar surface area (TPSA) is 309 Å². The molecule has 0 aliphatic rings. The van der Waals surface area contributed by atoms with E-state index in [2.05, 4.69) is 25.6 Å². The van der Waals surface area contributed by atoms with Crippen LogP contribution in [0.5, 0.6) is 5.75 Å². The van der Waals surface area contributed by atoms with Gasteiger partial charge in [0, 0.05) is 43.9 Å². The van der Waals surface area contributed by atoms with Crippen molar-refractivity contribution in [3.63, 3.8) is 0 Å². The van der Waals surface area contributed by atoms with Gasteiger partial charge in [0.05, 0.1) is 57.8 Å². The van der Waals surface area contributed by atoms with Gasteiger partial charge in [-0.1, -0.05) is 97.6 Å². The summed E-state index contributed by atoms with van der Waals surface area (Å²) < 4.78 is 123. The summed E-state index contributed by atoms with van der Waals surface area (Å²) in [6, 6.07) is 17.3. The number of sulfonamides is 3. The van der Waals surface area contributed by atoms with E-state index in [0.29, 0.717) is 107 Å². The number of anilines is 4. The molecule has 0 aliphatic carbocycles. The summed E-state index contributed by atoms with van der Waals surface area (Å²) in [7, 11) is -13.8. The van der Waals surface area contributed by atoms with E-state index in [1.165, 1.54) is 22.1 Å². The molecule has 0 aliphatic heterocycles. The molecule has 0 saturated carbocycles. The van der Waals surface area contributed by atoms with Crippen molar-refractivity contribution < 1.29 is 33.6 Å². The fourth-order valence-electron chi connectivity index (χ4n) is 10.5. The number of nitriles is 1. The van der Waals surface area contributed by atoms with E-state index < -0.39 is 45.5 Å². The summed E-state index contributed by atoms with van der Waals surface area (Å²) >= 11 is 2.37. The van der Waals surface area contributed by atoms with Crippen molar-refractivity contribution in [1.29, 1.82) is 10.0 Å². The third-order valence-electron chi connectivity index (χ3n) is 15.0. The van der Waals surface area contributed by atoms with Crippen molar-refractivity contribution in [3.8, 4) is 27.5 Å². The lowest BCUT2D eigenvalue weighted by Crippen LogP contribution is -2.27. The van der Waals surface area contributed by atoms with Crippen LogP contribution in [0.2, 0.25) is 0 Å². The minimum absolute atomic E-state index is 0.0194. The molecule has 8 aromatic rings. The van der Waals surface area contributed by atoms with Crippen LogP contribution in [0.4, 0.5) is 34.5 Å². The second kappa shape index (κ2) is 28.0. The van der Waals surface area contributed by atoms with E-state index in [0.717, 1.165) is 37.0 Å². The van der Waals surface area contributed by atoms with E-state index in [-0.39, 0.29) is 80.1 Å². The Bertz CT molecular complexity index is 4580. The van der Waals surface area contributed by atoms with E-state index in [1.807, 2.05) is 62.3 Å². The van der Waals surface area contributed by atoms with E-state index in [4.69, 9.17) is 39.2 Å². The Kier molecular flexibility index (Phi) is 21.5. The van der Waals surface area contributed by atoms with Crippen molar-refractivity contribution in [1.82, 2.24) is 38.9 Å². The molecular weight excluding hydrogens is 1260 g/mol. The van der Waals surface area contributed by atoms with Gasteiger partial charge >= 0.3 is 0 Å². The highest BCUT2D eigenvalue weighted by atomic mass is 32.2. The van der Waals surface area contributed by atoms with Gasteiger partial charge in [-0.25, -0.2) is 63.4 Å². The summed E-state index contributed by atoms with van der Waals surface area (Å²) in [6.45, 7) is 25.0. The predicted octanol–water partition coefficient (Wildman–Crippen LogP) is 14.5. The number of nitrogens with one attached hydrogen (secondary N) is 5. The number of nitrogens with zero attached hydrogens (tertiary/aromatic N) is 9. The second-order valence-corrected chi connectivity index (χ2v) is 32.4. The fraction of sp³-hybridized carbons (Fsp3) is 0.435. The number of hydrogen-bond donors (Lipinski definition) is 5. The van der Waals surface area contributed by atoms with Crippen LogP contribution >= 0.6 is 22.7 Å². The van der Waals surface area contributed by atoms with Crippen molar-refractivity contribution in [3.05, 3.63) is 99.2 Å². The Morgan fingerprint density at radius 2 is 1.26 bits per heavy atom. The van der Waals surface area contributed by atoms with Crippen LogP contribution in [0, 0.1) is 57.7 Å². The molecule has 90 heavy (non-hydrogen) atoms. The van der Waals surface area contributed by atoms with Crippen LogP contribution in [-0.4, -0.2) is 86.6 Å². The molecule has 28 heteroatoms.